The first-order valence-electron chi connectivity index (χ1n) is 5.93. The third-order valence-electron chi connectivity index (χ3n) is 2.87. The maximum absolute atomic E-state index is 13.1. The number of H-pyrrole nitrogens is 1. The van der Waals surface area contributed by atoms with Gasteiger partial charge in [-0.1, -0.05) is 6.92 Å². The molecule has 100 valence electrons. The van der Waals surface area contributed by atoms with Gasteiger partial charge in [0, 0.05) is 5.69 Å². The van der Waals surface area contributed by atoms with E-state index in [9.17, 15) is 9.18 Å². The van der Waals surface area contributed by atoms with Crippen LogP contribution in [0.2, 0.25) is 0 Å². The third kappa shape index (κ3) is 2.57. The fourth-order valence-corrected chi connectivity index (χ4v) is 1.74. The van der Waals surface area contributed by atoms with Gasteiger partial charge >= 0.3 is 0 Å². The molecule has 2 aromatic rings. The lowest BCUT2D eigenvalue weighted by Crippen LogP contribution is -2.14. The number of rotatable bonds is 3. The minimum Gasteiger partial charge on any atom is -0.395 e. The molecule has 6 heteroatoms. The molecule has 0 saturated heterocycles. The first kappa shape index (κ1) is 13.1. The molecule has 0 aliphatic heterocycles. The van der Waals surface area contributed by atoms with Crippen molar-refractivity contribution in [3.8, 4) is 0 Å². The number of carbonyl (C=O) groups excluding carboxylic acids is 1. The molecule has 19 heavy (non-hydrogen) atoms. The van der Waals surface area contributed by atoms with E-state index in [1.807, 2.05) is 6.92 Å². The highest BCUT2D eigenvalue weighted by Crippen LogP contribution is 2.18. The summed E-state index contributed by atoms with van der Waals surface area (Å²) in [6.45, 7) is 3.54. The van der Waals surface area contributed by atoms with Gasteiger partial charge in [0.15, 0.2) is 5.69 Å². The fourth-order valence-electron chi connectivity index (χ4n) is 1.74. The molecule has 0 atom stereocenters. The Labute approximate surface area is 110 Å². The molecule has 1 amide bonds. The van der Waals surface area contributed by atoms with E-state index in [1.165, 1.54) is 12.1 Å². The summed E-state index contributed by atoms with van der Waals surface area (Å²) < 4.78 is 13.1. The quantitative estimate of drug-likeness (QED) is 0.793. The highest BCUT2D eigenvalue weighted by Gasteiger charge is 2.16. The summed E-state index contributed by atoms with van der Waals surface area (Å²) in [5.74, 6) is -0.731. The Morgan fingerprint density at radius 3 is 2.84 bits per heavy atom. The maximum Gasteiger partial charge on any atom is 0.278 e. The third-order valence-corrected chi connectivity index (χ3v) is 2.87. The predicted octanol–water partition coefficient (Wildman–Crippen LogP) is 2.25. The summed E-state index contributed by atoms with van der Waals surface area (Å²) in [4.78, 5) is 12.0. The van der Waals surface area contributed by atoms with Crippen LogP contribution in [-0.4, -0.2) is 16.1 Å². The van der Waals surface area contributed by atoms with E-state index in [2.05, 4.69) is 15.5 Å². The van der Waals surface area contributed by atoms with E-state index in [0.717, 1.165) is 5.69 Å². The van der Waals surface area contributed by atoms with Crippen LogP contribution in [0.5, 0.6) is 0 Å². The normalized spacial score (nSPS) is 10.5. The molecule has 1 aromatic heterocycles. The zero-order chi connectivity index (χ0) is 14.0. The molecule has 0 bridgehead atoms. The molecule has 0 fully saturated rings. The minimum atomic E-state index is -0.417. The molecule has 2 rings (SSSR count). The molecule has 1 heterocycles. The first-order valence-corrected chi connectivity index (χ1v) is 5.93. The molecule has 0 unspecified atom stereocenters. The van der Waals surface area contributed by atoms with Crippen molar-refractivity contribution in [3.63, 3.8) is 0 Å². The maximum atomic E-state index is 13.1. The molecule has 0 saturated carbocycles. The van der Waals surface area contributed by atoms with Crippen LogP contribution in [-0.2, 0) is 6.42 Å². The molecule has 0 aliphatic rings. The van der Waals surface area contributed by atoms with Crippen molar-refractivity contribution in [2.24, 2.45) is 0 Å². The molecule has 5 nitrogen and oxygen atoms in total. The van der Waals surface area contributed by atoms with Crippen molar-refractivity contribution in [2.75, 3.05) is 11.1 Å². The largest absolute Gasteiger partial charge is 0.395 e. The number of hydrogen-bond acceptors (Lipinski definition) is 3. The minimum absolute atomic E-state index is 0.152. The molecular formula is C13H15FN4O. The molecule has 1 aromatic carbocycles. The van der Waals surface area contributed by atoms with Gasteiger partial charge in [0.05, 0.1) is 11.4 Å². The summed E-state index contributed by atoms with van der Waals surface area (Å²) in [5, 5.41) is 9.24. The second-order valence-electron chi connectivity index (χ2n) is 4.24. The van der Waals surface area contributed by atoms with Crippen LogP contribution in [0, 0.1) is 12.7 Å². The van der Waals surface area contributed by atoms with E-state index in [4.69, 9.17) is 5.73 Å². The Morgan fingerprint density at radius 1 is 1.53 bits per heavy atom. The number of nitrogens with two attached hydrogens (primary N) is 1. The van der Waals surface area contributed by atoms with Gasteiger partial charge < -0.3 is 11.1 Å². The second-order valence-corrected chi connectivity index (χ2v) is 4.24. The number of nitrogens with one attached hydrogen (secondary N) is 2. The number of nitrogens with zero attached hydrogens (tertiary/aromatic N) is 1. The van der Waals surface area contributed by atoms with Crippen molar-refractivity contribution in [2.45, 2.75) is 20.3 Å². The lowest BCUT2D eigenvalue weighted by Gasteiger charge is -2.05. The van der Waals surface area contributed by atoms with Crippen LogP contribution in [0.25, 0.3) is 0 Å². The van der Waals surface area contributed by atoms with Crippen LogP contribution < -0.4 is 11.1 Å². The summed E-state index contributed by atoms with van der Waals surface area (Å²) in [5.41, 5.74) is 7.99. The van der Waals surface area contributed by atoms with Crippen molar-refractivity contribution >= 4 is 17.3 Å². The number of anilines is 2. The molecular weight excluding hydrogens is 247 g/mol. The van der Waals surface area contributed by atoms with Gasteiger partial charge in [0.25, 0.3) is 5.91 Å². The van der Waals surface area contributed by atoms with E-state index in [0.29, 0.717) is 23.4 Å². The van der Waals surface area contributed by atoms with E-state index in [1.54, 1.807) is 13.0 Å². The summed E-state index contributed by atoms with van der Waals surface area (Å²) >= 11 is 0. The van der Waals surface area contributed by atoms with Crippen molar-refractivity contribution in [1.82, 2.24) is 10.2 Å². The first-order chi connectivity index (χ1) is 9.02. The van der Waals surface area contributed by atoms with Crippen molar-refractivity contribution in [3.05, 3.63) is 41.0 Å². The Morgan fingerprint density at radius 2 is 2.26 bits per heavy atom. The number of amides is 1. The van der Waals surface area contributed by atoms with Crippen molar-refractivity contribution in [1.29, 1.82) is 0 Å². The van der Waals surface area contributed by atoms with Crippen LogP contribution >= 0.6 is 0 Å². The highest BCUT2D eigenvalue weighted by atomic mass is 19.1. The highest BCUT2D eigenvalue weighted by molar-refractivity contribution is 6.06. The topological polar surface area (TPSA) is 83.8 Å². The zero-order valence-corrected chi connectivity index (χ0v) is 10.7. The standard InChI is InChI=1S/C13H15FN4O/c1-3-10-11(15)12(18-17-10)13(19)16-8-4-5-9(14)7(2)6-8/h4-6H,3,15H2,1-2H3,(H,16,19)(H,17,18). The van der Waals surface area contributed by atoms with Gasteiger partial charge in [-0.3, -0.25) is 9.89 Å². The monoisotopic (exact) mass is 262 g/mol. The molecule has 0 aliphatic carbocycles. The lowest BCUT2D eigenvalue weighted by molar-refractivity contribution is 0.102. The lowest BCUT2D eigenvalue weighted by atomic mass is 10.2. The number of aromatic nitrogens is 2. The number of benzene rings is 1. The van der Waals surface area contributed by atoms with E-state index < -0.39 is 5.91 Å². The number of aromatic amines is 1. The number of nitrogen functional groups attached to an aromatic ring is 1. The van der Waals surface area contributed by atoms with Gasteiger partial charge in [0.2, 0.25) is 0 Å². The molecule has 0 radical (unpaired) electrons. The van der Waals surface area contributed by atoms with Gasteiger partial charge in [-0.15, -0.1) is 0 Å². The SMILES string of the molecule is CCc1[nH]nc(C(=O)Nc2ccc(F)c(C)c2)c1N. The number of hydrogen-bond donors (Lipinski definition) is 3. The van der Waals surface area contributed by atoms with Crippen LogP contribution in [0.3, 0.4) is 0 Å². The number of halogens is 1. The van der Waals surface area contributed by atoms with Gasteiger partial charge in [0.1, 0.15) is 5.82 Å². The average Bonchev–Trinajstić information content (AvgIpc) is 2.75. The summed E-state index contributed by atoms with van der Waals surface area (Å²) in [6, 6.07) is 4.34. The predicted molar refractivity (Wildman–Crippen MR) is 71.5 cm³/mol. The molecule has 0 spiro atoms. The Balaban J connectivity index is 2.20. The Kier molecular flexibility index (Phi) is 3.50. The van der Waals surface area contributed by atoms with Crippen LogP contribution in [0.4, 0.5) is 15.8 Å². The van der Waals surface area contributed by atoms with Gasteiger partial charge in [-0.05, 0) is 37.1 Å². The van der Waals surface area contributed by atoms with E-state index in [-0.39, 0.29) is 11.5 Å². The Hall–Kier alpha value is -2.37. The summed E-state index contributed by atoms with van der Waals surface area (Å²) in [7, 11) is 0. The van der Waals surface area contributed by atoms with E-state index >= 15 is 0 Å². The van der Waals surface area contributed by atoms with Gasteiger partial charge in [-0.2, -0.15) is 5.10 Å². The number of aryl methyl sites for hydroxylation is 2. The summed E-state index contributed by atoms with van der Waals surface area (Å²) in [6.07, 6.45) is 0.668. The zero-order valence-electron chi connectivity index (χ0n) is 10.7. The van der Waals surface area contributed by atoms with Crippen molar-refractivity contribution < 1.29 is 9.18 Å². The molecule has 4 N–H and O–H groups in total. The fraction of sp³-hybridized carbons (Fsp3) is 0.231. The average molecular weight is 262 g/mol. The van der Waals surface area contributed by atoms with Gasteiger partial charge in [-0.25, -0.2) is 4.39 Å². The second kappa shape index (κ2) is 5.09. The van der Waals surface area contributed by atoms with Crippen LogP contribution in [0.1, 0.15) is 28.7 Å². The Bertz CT molecular complexity index is 621. The smallest absolute Gasteiger partial charge is 0.278 e. The number of carbonyl (C=O) groups is 1. The van der Waals surface area contributed by atoms with Crippen LogP contribution in [0.15, 0.2) is 18.2 Å².